The number of aryl methyl sites for hydroxylation is 1. The molecule has 1 aromatic carbocycles. The maximum absolute atomic E-state index is 13.1. The summed E-state index contributed by atoms with van der Waals surface area (Å²) >= 11 is 0. The van der Waals surface area contributed by atoms with Crippen LogP contribution in [0.2, 0.25) is 0 Å². The van der Waals surface area contributed by atoms with Gasteiger partial charge in [-0.3, -0.25) is 9.48 Å². The summed E-state index contributed by atoms with van der Waals surface area (Å²) in [6.07, 6.45) is 0. The first-order valence-electron chi connectivity index (χ1n) is 6.21. The molecule has 3 aromatic rings. The standard InChI is InChI=1S/C14H12FN5O/c1-20-14(16)12(8-2-4-9(15)5-3-8)13(19-20)10-6-7-11(21)18-17-10/h2-7H,16H2,1H3,(H,18,21). The smallest absolute Gasteiger partial charge is 0.264 e. The largest absolute Gasteiger partial charge is 0.383 e. The Morgan fingerprint density at radius 1 is 1.19 bits per heavy atom. The van der Waals surface area contributed by atoms with Crippen molar-refractivity contribution in [3.63, 3.8) is 0 Å². The number of nitrogens with one attached hydrogen (secondary N) is 1. The van der Waals surface area contributed by atoms with Gasteiger partial charge in [-0.05, 0) is 23.8 Å². The molecule has 0 amide bonds. The van der Waals surface area contributed by atoms with Crippen LogP contribution in [0, 0.1) is 5.82 Å². The number of benzene rings is 1. The van der Waals surface area contributed by atoms with Gasteiger partial charge in [-0.1, -0.05) is 12.1 Å². The van der Waals surface area contributed by atoms with Gasteiger partial charge in [0.15, 0.2) is 0 Å². The molecule has 2 aromatic heterocycles. The topological polar surface area (TPSA) is 89.6 Å². The lowest BCUT2D eigenvalue weighted by Crippen LogP contribution is -2.06. The van der Waals surface area contributed by atoms with E-state index in [-0.39, 0.29) is 11.4 Å². The van der Waals surface area contributed by atoms with Crippen molar-refractivity contribution in [3.8, 4) is 22.5 Å². The van der Waals surface area contributed by atoms with Crippen molar-refractivity contribution in [2.75, 3.05) is 5.73 Å². The number of aromatic nitrogens is 4. The Labute approximate surface area is 119 Å². The summed E-state index contributed by atoms with van der Waals surface area (Å²) in [5.74, 6) is 0.106. The minimum absolute atomic E-state index is 0.300. The van der Waals surface area contributed by atoms with Crippen molar-refractivity contribution >= 4 is 5.82 Å². The second-order valence-corrected chi connectivity index (χ2v) is 4.55. The second-order valence-electron chi connectivity index (χ2n) is 4.55. The fraction of sp³-hybridized carbons (Fsp3) is 0.0714. The Morgan fingerprint density at radius 3 is 2.52 bits per heavy atom. The Bertz CT molecular complexity index is 830. The van der Waals surface area contributed by atoms with E-state index in [0.29, 0.717) is 22.8 Å². The van der Waals surface area contributed by atoms with Crippen molar-refractivity contribution in [2.24, 2.45) is 7.05 Å². The molecule has 0 spiro atoms. The summed E-state index contributed by atoms with van der Waals surface area (Å²) in [5, 5.41) is 10.6. The average Bonchev–Trinajstić information content (AvgIpc) is 2.77. The summed E-state index contributed by atoms with van der Waals surface area (Å²) in [6, 6.07) is 8.88. The predicted octanol–water partition coefficient (Wildman–Crippen LogP) is 1.56. The van der Waals surface area contributed by atoms with E-state index in [2.05, 4.69) is 15.3 Å². The molecule has 3 N–H and O–H groups in total. The number of H-pyrrole nitrogens is 1. The molecule has 0 saturated carbocycles. The molecule has 0 bridgehead atoms. The highest BCUT2D eigenvalue weighted by Crippen LogP contribution is 2.34. The fourth-order valence-corrected chi connectivity index (χ4v) is 2.09. The molecule has 7 heteroatoms. The summed E-state index contributed by atoms with van der Waals surface area (Å²) in [5.41, 5.74) is 8.14. The van der Waals surface area contributed by atoms with Gasteiger partial charge in [-0.15, -0.1) is 0 Å². The molecule has 0 radical (unpaired) electrons. The lowest BCUT2D eigenvalue weighted by molar-refractivity contribution is 0.628. The molecule has 0 unspecified atom stereocenters. The van der Waals surface area contributed by atoms with Crippen LogP contribution in [-0.4, -0.2) is 20.0 Å². The van der Waals surface area contributed by atoms with Crippen LogP contribution in [0.1, 0.15) is 0 Å². The van der Waals surface area contributed by atoms with Crippen LogP contribution in [0.4, 0.5) is 10.2 Å². The van der Waals surface area contributed by atoms with Gasteiger partial charge in [-0.2, -0.15) is 10.2 Å². The molecule has 3 rings (SSSR count). The Morgan fingerprint density at radius 2 is 1.90 bits per heavy atom. The second kappa shape index (κ2) is 4.86. The van der Waals surface area contributed by atoms with Crippen LogP contribution >= 0.6 is 0 Å². The van der Waals surface area contributed by atoms with Gasteiger partial charge in [0.25, 0.3) is 5.56 Å². The van der Waals surface area contributed by atoms with Crippen LogP contribution < -0.4 is 11.3 Å². The third-order valence-corrected chi connectivity index (χ3v) is 3.15. The Kier molecular flexibility index (Phi) is 3.02. The quantitative estimate of drug-likeness (QED) is 0.747. The Balaban J connectivity index is 2.22. The van der Waals surface area contributed by atoms with Crippen LogP contribution in [0.25, 0.3) is 22.5 Å². The first-order valence-corrected chi connectivity index (χ1v) is 6.21. The molecule has 2 heterocycles. The summed E-state index contributed by atoms with van der Waals surface area (Å²) < 4.78 is 14.6. The normalized spacial score (nSPS) is 10.8. The maximum atomic E-state index is 13.1. The van der Waals surface area contributed by atoms with Crippen molar-refractivity contribution in [3.05, 3.63) is 52.6 Å². The van der Waals surface area contributed by atoms with E-state index in [1.165, 1.54) is 22.9 Å². The maximum Gasteiger partial charge on any atom is 0.264 e. The number of nitrogens with two attached hydrogens (primary N) is 1. The zero-order valence-electron chi connectivity index (χ0n) is 11.2. The van der Waals surface area contributed by atoms with E-state index in [4.69, 9.17) is 5.73 Å². The van der Waals surface area contributed by atoms with Crippen LogP contribution in [0.3, 0.4) is 0 Å². The predicted molar refractivity (Wildman–Crippen MR) is 76.9 cm³/mol. The van der Waals surface area contributed by atoms with Gasteiger partial charge >= 0.3 is 0 Å². The Hall–Kier alpha value is -2.96. The van der Waals surface area contributed by atoms with Crippen LogP contribution in [-0.2, 0) is 7.05 Å². The zero-order valence-corrected chi connectivity index (χ0v) is 11.2. The number of rotatable bonds is 2. The summed E-state index contributed by atoms with van der Waals surface area (Å²) in [7, 11) is 1.71. The third kappa shape index (κ3) is 2.29. The molecule has 0 aliphatic rings. The van der Waals surface area contributed by atoms with Crippen molar-refractivity contribution in [1.29, 1.82) is 0 Å². The number of anilines is 1. The van der Waals surface area contributed by atoms with Gasteiger partial charge in [-0.25, -0.2) is 9.49 Å². The zero-order chi connectivity index (χ0) is 15.0. The average molecular weight is 285 g/mol. The minimum atomic E-state index is -0.329. The van der Waals surface area contributed by atoms with E-state index in [0.717, 1.165) is 5.56 Å². The molecule has 0 aliphatic carbocycles. The number of aromatic amines is 1. The highest BCUT2D eigenvalue weighted by atomic mass is 19.1. The van der Waals surface area contributed by atoms with E-state index in [1.54, 1.807) is 25.2 Å². The molecule has 0 saturated heterocycles. The minimum Gasteiger partial charge on any atom is -0.383 e. The highest BCUT2D eigenvalue weighted by Gasteiger charge is 2.18. The van der Waals surface area contributed by atoms with Gasteiger partial charge < -0.3 is 5.73 Å². The van der Waals surface area contributed by atoms with Crippen LogP contribution in [0.5, 0.6) is 0 Å². The number of halogens is 1. The molecule has 6 nitrogen and oxygen atoms in total. The van der Waals surface area contributed by atoms with Gasteiger partial charge in [0, 0.05) is 13.1 Å². The van der Waals surface area contributed by atoms with E-state index in [1.807, 2.05) is 0 Å². The van der Waals surface area contributed by atoms with E-state index >= 15 is 0 Å². The molecular formula is C14H12FN5O. The molecule has 0 aliphatic heterocycles. The highest BCUT2D eigenvalue weighted by molar-refractivity contribution is 5.86. The first-order chi connectivity index (χ1) is 10.1. The van der Waals surface area contributed by atoms with E-state index in [9.17, 15) is 9.18 Å². The van der Waals surface area contributed by atoms with Crippen molar-refractivity contribution in [1.82, 2.24) is 20.0 Å². The fourth-order valence-electron chi connectivity index (χ4n) is 2.09. The monoisotopic (exact) mass is 285 g/mol. The van der Waals surface area contributed by atoms with Crippen molar-refractivity contribution in [2.45, 2.75) is 0 Å². The number of hydrogen-bond donors (Lipinski definition) is 2. The van der Waals surface area contributed by atoms with Gasteiger partial charge in [0.1, 0.15) is 23.0 Å². The number of hydrogen-bond acceptors (Lipinski definition) is 4. The van der Waals surface area contributed by atoms with E-state index < -0.39 is 0 Å². The van der Waals surface area contributed by atoms with Crippen molar-refractivity contribution < 1.29 is 4.39 Å². The summed E-state index contributed by atoms with van der Waals surface area (Å²) in [4.78, 5) is 11.1. The number of nitrogens with zero attached hydrogens (tertiary/aromatic N) is 3. The molecule has 21 heavy (non-hydrogen) atoms. The lowest BCUT2D eigenvalue weighted by atomic mass is 10.0. The molecule has 106 valence electrons. The SMILES string of the molecule is Cn1nc(-c2ccc(=O)[nH]n2)c(-c2ccc(F)cc2)c1N. The number of nitrogen functional groups attached to an aromatic ring is 1. The molecule has 0 atom stereocenters. The third-order valence-electron chi connectivity index (χ3n) is 3.15. The summed E-state index contributed by atoms with van der Waals surface area (Å²) in [6.45, 7) is 0. The van der Waals surface area contributed by atoms with Gasteiger partial charge in [0.05, 0.1) is 5.56 Å². The van der Waals surface area contributed by atoms with Crippen LogP contribution in [0.15, 0.2) is 41.2 Å². The van der Waals surface area contributed by atoms with Gasteiger partial charge in [0.2, 0.25) is 0 Å². The molecule has 0 fully saturated rings. The molecular weight excluding hydrogens is 273 g/mol. The lowest BCUT2D eigenvalue weighted by Gasteiger charge is -2.03. The first kappa shape index (κ1) is 13.0.